The lowest BCUT2D eigenvalue weighted by Gasteiger charge is -2.10. The minimum absolute atomic E-state index is 0.214. The third-order valence-electron chi connectivity index (χ3n) is 4.30. The van der Waals surface area contributed by atoms with Gasteiger partial charge in [-0.15, -0.1) is 0 Å². The standard InChI is InChI=1S/C23H17FN2O2/c24-17-11-9-16(10-12-17)15-28-19-5-1-4-18(14-19)26-23(27)21-6-2-8-22-20(21)7-3-13-25-22/h1-14H,15H2,(H,26,27). The first kappa shape index (κ1) is 17.7. The minimum atomic E-state index is -0.280. The van der Waals surface area contributed by atoms with Crippen LogP contribution in [0.1, 0.15) is 15.9 Å². The van der Waals surface area contributed by atoms with E-state index in [0.29, 0.717) is 23.6 Å². The Morgan fingerprint density at radius 1 is 0.964 bits per heavy atom. The average Bonchev–Trinajstić information content (AvgIpc) is 2.73. The SMILES string of the molecule is O=C(Nc1cccc(OCc2ccc(F)cc2)c1)c1cccc2ncccc12. The number of carbonyl (C=O) groups is 1. The maximum absolute atomic E-state index is 13.0. The number of aromatic nitrogens is 1. The van der Waals surface area contributed by atoms with Crippen LogP contribution in [0.5, 0.6) is 5.75 Å². The third-order valence-corrected chi connectivity index (χ3v) is 4.30. The van der Waals surface area contributed by atoms with Crippen molar-refractivity contribution in [3.63, 3.8) is 0 Å². The van der Waals surface area contributed by atoms with E-state index in [1.54, 1.807) is 48.7 Å². The van der Waals surface area contributed by atoms with E-state index in [0.717, 1.165) is 16.5 Å². The highest BCUT2D eigenvalue weighted by Crippen LogP contribution is 2.21. The van der Waals surface area contributed by atoms with E-state index in [1.807, 2.05) is 24.3 Å². The lowest BCUT2D eigenvalue weighted by Crippen LogP contribution is -2.12. The predicted molar refractivity (Wildman–Crippen MR) is 107 cm³/mol. The van der Waals surface area contributed by atoms with Gasteiger partial charge in [0.05, 0.1) is 5.52 Å². The van der Waals surface area contributed by atoms with Crippen LogP contribution >= 0.6 is 0 Å². The molecule has 0 aliphatic rings. The van der Waals surface area contributed by atoms with E-state index >= 15 is 0 Å². The molecule has 1 N–H and O–H groups in total. The Labute approximate surface area is 161 Å². The fourth-order valence-electron chi connectivity index (χ4n) is 2.91. The summed E-state index contributed by atoms with van der Waals surface area (Å²) in [5, 5.41) is 3.70. The lowest BCUT2D eigenvalue weighted by atomic mass is 10.1. The molecule has 5 heteroatoms. The molecule has 0 bridgehead atoms. The Kier molecular flexibility index (Phi) is 4.97. The summed E-state index contributed by atoms with van der Waals surface area (Å²) in [6.07, 6.45) is 1.70. The van der Waals surface area contributed by atoms with Gasteiger partial charge in [-0.2, -0.15) is 0 Å². The van der Waals surface area contributed by atoms with Gasteiger partial charge in [-0.3, -0.25) is 9.78 Å². The first-order valence-corrected chi connectivity index (χ1v) is 8.81. The summed E-state index contributed by atoms with van der Waals surface area (Å²) in [5.41, 5.74) is 2.82. The summed E-state index contributed by atoms with van der Waals surface area (Å²) in [6.45, 7) is 0.312. The van der Waals surface area contributed by atoms with Crippen molar-refractivity contribution < 1.29 is 13.9 Å². The Bertz CT molecular complexity index is 1120. The smallest absolute Gasteiger partial charge is 0.256 e. The Morgan fingerprint density at radius 2 is 1.79 bits per heavy atom. The molecule has 0 aliphatic carbocycles. The quantitative estimate of drug-likeness (QED) is 0.523. The predicted octanol–water partition coefficient (Wildman–Crippen LogP) is 5.21. The summed E-state index contributed by atoms with van der Waals surface area (Å²) >= 11 is 0. The van der Waals surface area contributed by atoms with Crippen molar-refractivity contribution in [1.82, 2.24) is 4.98 Å². The molecule has 28 heavy (non-hydrogen) atoms. The molecule has 0 saturated carbocycles. The third kappa shape index (κ3) is 3.99. The van der Waals surface area contributed by atoms with Crippen molar-refractivity contribution in [2.45, 2.75) is 6.61 Å². The number of nitrogens with zero attached hydrogens (tertiary/aromatic N) is 1. The number of carbonyl (C=O) groups excluding carboxylic acids is 1. The highest BCUT2D eigenvalue weighted by molar-refractivity contribution is 6.12. The molecule has 1 amide bonds. The van der Waals surface area contributed by atoms with Gasteiger partial charge in [-0.25, -0.2) is 4.39 Å². The highest BCUT2D eigenvalue weighted by Gasteiger charge is 2.11. The number of fused-ring (bicyclic) bond motifs is 1. The van der Waals surface area contributed by atoms with Gasteiger partial charge in [0.2, 0.25) is 0 Å². The van der Waals surface area contributed by atoms with Crippen LogP contribution in [0.4, 0.5) is 10.1 Å². The molecule has 0 radical (unpaired) electrons. The van der Waals surface area contributed by atoms with Gasteiger partial charge in [0.25, 0.3) is 5.91 Å². The fraction of sp³-hybridized carbons (Fsp3) is 0.0435. The minimum Gasteiger partial charge on any atom is -0.489 e. The average molecular weight is 372 g/mol. The van der Waals surface area contributed by atoms with E-state index < -0.39 is 0 Å². The van der Waals surface area contributed by atoms with Gasteiger partial charge in [0.15, 0.2) is 0 Å². The first-order valence-electron chi connectivity index (χ1n) is 8.81. The summed E-state index contributed by atoms with van der Waals surface area (Å²) in [4.78, 5) is 17.0. The monoisotopic (exact) mass is 372 g/mol. The highest BCUT2D eigenvalue weighted by atomic mass is 19.1. The molecule has 138 valence electrons. The second-order valence-electron chi connectivity index (χ2n) is 6.27. The molecular formula is C23H17FN2O2. The Morgan fingerprint density at radius 3 is 2.64 bits per heavy atom. The molecule has 1 heterocycles. The summed E-state index contributed by atoms with van der Waals surface area (Å²) in [7, 11) is 0. The van der Waals surface area contributed by atoms with Crippen LogP contribution in [-0.4, -0.2) is 10.9 Å². The Balaban J connectivity index is 1.48. The number of ether oxygens (including phenoxy) is 1. The Hall–Kier alpha value is -3.73. The van der Waals surface area contributed by atoms with E-state index in [-0.39, 0.29) is 11.7 Å². The van der Waals surface area contributed by atoms with Crippen LogP contribution in [0.3, 0.4) is 0 Å². The molecule has 4 nitrogen and oxygen atoms in total. The lowest BCUT2D eigenvalue weighted by molar-refractivity contribution is 0.102. The maximum Gasteiger partial charge on any atom is 0.256 e. The van der Waals surface area contributed by atoms with Crippen LogP contribution in [0.2, 0.25) is 0 Å². The largest absolute Gasteiger partial charge is 0.489 e. The number of amides is 1. The first-order chi connectivity index (χ1) is 13.7. The van der Waals surface area contributed by atoms with Gasteiger partial charge >= 0.3 is 0 Å². The van der Waals surface area contributed by atoms with E-state index in [9.17, 15) is 9.18 Å². The number of hydrogen-bond donors (Lipinski definition) is 1. The number of rotatable bonds is 5. The fourth-order valence-corrected chi connectivity index (χ4v) is 2.91. The molecule has 0 atom stereocenters. The van der Waals surface area contributed by atoms with Crippen molar-refractivity contribution in [1.29, 1.82) is 0 Å². The number of pyridine rings is 1. The van der Waals surface area contributed by atoms with Crippen LogP contribution in [0, 0.1) is 5.82 Å². The van der Waals surface area contributed by atoms with Crippen molar-refractivity contribution >= 4 is 22.5 Å². The zero-order valence-corrected chi connectivity index (χ0v) is 14.9. The molecule has 0 fully saturated rings. The zero-order valence-electron chi connectivity index (χ0n) is 14.9. The number of halogens is 1. The molecule has 1 aromatic heterocycles. The number of benzene rings is 3. The molecule has 4 rings (SSSR count). The summed E-state index contributed by atoms with van der Waals surface area (Å²) in [5.74, 6) is 0.119. The van der Waals surface area contributed by atoms with Crippen LogP contribution in [0.15, 0.2) is 85.1 Å². The van der Waals surface area contributed by atoms with Crippen molar-refractivity contribution in [2.24, 2.45) is 0 Å². The maximum atomic E-state index is 13.0. The van der Waals surface area contributed by atoms with Crippen LogP contribution < -0.4 is 10.1 Å². The van der Waals surface area contributed by atoms with Crippen LogP contribution in [-0.2, 0) is 6.61 Å². The number of hydrogen-bond acceptors (Lipinski definition) is 3. The van der Waals surface area contributed by atoms with E-state index in [4.69, 9.17) is 4.74 Å². The molecule has 0 unspecified atom stereocenters. The second-order valence-corrected chi connectivity index (χ2v) is 6.27. The zero-order chi connectivity index (χ0) is 19.3. The van der Waals surface area contributed by atoms with Crippen molar-refractivity contribution in [3.8, 4) is 5.75 Å². The van der Waals surface area contributed by atoms with Gasteiger partial charge < -0.3 is 10.1 Å². The molecule has 4 aromatic rings. The van der Waals surface area contributed by atoms with Gasteiger partial charge in [-0.1, -0.05) is 30.3 Å². The molecular weight excluding hydrogens is 355 g/mol. The molecule has 0 aliphatic heterocycles. The number of anilines is 1. The summed E-state index contributed by atoms with van der Waals surface area (Å²) in [6, 6.07) is 22.4. The van der Waals surface area contributed by atoms with E-state index in [2.05, 4.69) is 10.3 Å². The van der Waals surface area contributed by atoms with Crippen LogP contribution in [0.25, 0.3) is 10.9 Å². The topological polar surface area (TPSA) is 51.2 Å². The van der Waals surface area contributed by atoms with Gasteiger partial charge in [0.1, 0.15) is 18.2 Å². The normalized spacial score (nSPS) is 10.6. The number of nitrogens with one attached hydrogen (secondary N) is 1. The molecule has 0 saturated heterocycles. The van der Waals surface area contributed by atoms with Gasteiger partial charge in [0, 0.05) is 28.9 Å². The molecule has 3 aromatic carbocycles. The van der Waals surface area contributed by atoms with E-state index in [1.165, 1.54) is 12.1 Å². The molecule has 0 spiro atoms. The van der Waals surface area contributed by atoms with Crippen molar-refractivity contribution in [3.05, 3.63) is 102 Å². The second kappa shape index (κ2) is 7.88. The van der Waals surface area contributed by atoms with Gasteiger partial charge in [-0.05, 0) is 48.0 Å². The summed E-state index contributed by atoms with van der Waals surface area (Å²) < 4.78 is 18.7. The van der Waals surface area contributed by atoms with Crippen molar-refractivity contribution in [2.75, 3.05) is 5.32 Å².